The van der Waals surface area contributed by atoms with Crippen LogP contribution < -0.4 is 10.5 Å². The molecule has 160 valence electrons. The van der Waals surface area contributed by atoms with Gasteiger partial charge in [-0.25, -0.2) is 4.79 Å². The molecule has 2 aromatic rings. The molecule has 1 amide bonds. The van der Waals surface area contributed by atoms with Crippen LogP contribution in [0.3, 0.4) is 0 Å². The molecule has 0 bridgehead atoms. The van der Waals surface area contributed by atoms with Crippen LogP contribution in [0.4, 0.5) is 4.79 Å². The zero-order valence-electron chi connectivity index (χ0n) is 17.6. The Kier molecular flexibility index (Phi) is 6.37. The predicted octanol–water partition coefficient (Wildman–Crippen LogP) is 3.53. The molecule has 2 aliphatic heterocycles. The topological polar surface area (TPSA) is 68.0 Å². The number of rotatable bonds is 4. The Labute approximate surface area is 178 Å². The Morgan fingerprint density at radius 2 is 1.63 bits per heavy atom. The lowest BCUT2D eigenvalue weighted by Gasteiger charge is -2.49. The quantitative estimate of drug-likeness (QED) is 0.837. The van der Waals surface area contributed by atoms with Gasteiger partial charge in [0, 0.05) is 45.4 Å². The molecule has 2 saturated heterocycles. The average Bonchev–Trinajstić information content (AvgIpc) is 2.80. The summed E-state index contributed by atoms with van der Waals surface area (Å²) >= 11 is 0. The third-order valence-corrected chi connectivity index (χ3v) is 6.39. The number of hydrogen-bond acceptors (Lipinski definition) is 5. The monoisotopic (exact) mass is 409 g/mol. The molecular formula is C24H31N3O3. The number of piperazine rings is 1. The van der Waals surface area contributed by atoms with Gasteiger partial charge >= 0.3 is 6.09 Å². The maximum Gasteiger partial charge on any atom is 0.415 e. The Bertz CT molecular complexity index is 825. The largest absolute Gasteiger partial charge is 0.415 e. The minimum atomic E-state index is -0.275. The van der Waals surface area contributed by atoms with Crippen LogP contribution in [0.25, 0.3) is 0 Å². The first-order valence-corrected chi connectivity index (χ1v) is 10.8. The van der Waals surface area contributed by atoms with Gasteiger partial charge in [0.05, 0.1) is 5.54 Å². The summed E-state index contributed by atoms with van der Waals surface area (Å²) in [5.74, 6) is 0.583. The van der Waals surface area contributed by atoms with Gasteiger partial charge in [-0.05, 0) is 43.0 Å². The summed E-state index contributed by atoms with van der Waals surface area (Å²) in [6, 6.07) is 18.0. The maximum atomic E-state index is 12.6. The number of nitrogens with zero attached hydrogens (tertiary/aromatic N) is 2. The minimum Gasteiger partial charge on any atom is -0.410 e. The predicted molar refractivity (Wildman–Crippen MR) is 116 cm³/mol. The lowest BCUT2D eigenvalue weighted by molar-refractivity contribution is -0.0483. The second kappa shape index (κ2) is 9.16. The average molecular weight is 410 g/mol. The van der Waals surface area contributed by atoms with Crippen LogP contribution in [0, 0.1) is 0 Å². The molecule has 4 rings (SSSR count). The highest BCUT2D eigenvalue weighted by molar-refractivity contribution is 5.70. The van der Waals surface area contributed by atoms with E-state index in [0.29, 0.717) is 18.8 Å². The van der Waals surface area contributed by atoms with E-state index in [-0.39, 0.29) is 17.7 Å². The van der Waals surface area contributed by atoms with E-state index in [1.54, 1.807) is 17.0 Å². The molecule has 2 heterocycles. The number of ether oxygens (including phenoxy) is 2. The maximum absolute atomic E-state index is 12.6. The number of hydrogen-bond donors (Lipinski definition) is 1. The standard InChI is InChI=1S/C24H31N3O3/c1-19(25)20-7-9-21(10-8-20)24(11-17-29-18-12-24)27-15-13-26(14-16-27)23(28)30-22-5-3-2-4-6-22/h2-10,19H,11-18,25H2,1H3/t19-/m0/s1. The lowest BCUT2D eigenvalue weighted by atomic mass is 9.80. The summed E-state index contributed by atoms with van der Waals surface area (Å²) in [7, 11) is 0. The Hall–Kier alpha value is -2.41. The fourth-order valence-electron chi connectivity index (χ4n) is 4.56. The molecule has 0 aliphatic carbocycles. The van der Waals surface area contributed by atoms with Gasteiger partial charge in [-0.3, -0.25) is 4.90 Å². The number of benzene rings is 2. The summed E-state index contributed by atoms with van der Waals surface area (Å²) < 4.78 is 11.2. The molecule has 2 N–H and O–H groups in total. The van der Waals surface area contributed by atoms with Crippen molar-refractivity contribution in [3.05, 3.63) is 65.7 Å². The van der Waals surface area contributed by atoms with Crippen LogP contribution in [0.2, 0.25) is 0 Å². The highest BCUT2D eigenvalue weighted by Gasteiger charge is 2.41. The Balaban J connectivity index is 1.45. The molecule has 30 heavy (non-hydrogen) atoms. The molecule has 0 unspecified atom stereocenters. The van der Waals surface area contributed by atoms with E-state index in [0.717, 1.165) is 44.7 Å². The number of amides is 1. The van der Waals surface area contributed by atoms with Crippen LogP contribution >= 0.6 is 0 Å². The van der Waals surface area contributed by atoms with Gasteiger partial charge in [0.2, 0.25) is 0 Å². The van der Waals surface area contributed by atoms with Gasteiger partial charge in [0.25, 0.3) is 0 Å². The van der Waals surface area contributed by atoms with Crippen molar-refractivity contribution < 1.29 is 14.3 Å². The van der Waals surface area contributed by atoms with Crippen LogP contribution in [-0.4, -0.2) is 55.3 Å². The zero-order chi connectivity index (χ0) is 21.0. The van der Waals surface area contributed by atoms with Gasteiger partial charge in [0.15, 0.2) is 0 Å². The van der Waals surface area contributed by atoms with Crippen molar-refractivity contribution in [1.29, 1.82) is 0 Å². The normalized spacial score (nSPS) is 20.5. The first-order chi connectivity index (χ1) is 14.6. The Morgan fingerprint density at radius 1 is 1.00 bits per heavy atom. The molecule has 1 atom stereocenters. The second-order valence-electron chi connectivity index (χ2n) is 8.21. The molecule has 2 fully saturated rings. The summed E-state index contributed by atoms with van der Waals surface area (Å²) in [5, 5.41) is 0. The molecule has 0 aromatic heterocycles. The fourth-order valence-corrected chi connectivity index (χ4v) is 4.56. The third kappa shape index (κ3) is 4.36. The van der Waals surface area contributed by atoms with Crippen molar-refractivity contribution in [2.45, 2.75) is 31.3 Å². The second-order valence-corrected chi connectivity index (χ2v) is 8.21. The van der Waals surface area contributed by atoms with E-state index in [1.807, 2.05) is 25.1 Å². The van der Waals surface area contributed by atoms with Crippen molar-refractivity contribution in [3.8, 4) is 5.75 Å². The number of nitrogens with two attached hydrogens (primary N) is 1. The summed E-state index contributed by atoms with van der Waals surface area (Å²) in [4.78, 5) is 16.9. The van der Waals surface area contributed by atoms with Gasteiger partial charge in [-0.15, -0.1) is 0 Å². The summed E-state index contributed by atoms with van der Waals surface area (Å²) in [6.45, 7) is 6.47. The third-order valence-electron chi connectivity index (χ3n) is 6.39. The van der Waals surface area contributed by atoms with Gasteiger partial charge in [-0.1, -0.05) is 42.5 Å². The highest BCUT2D eigenvalue weighted by Crippen LogP contribution is 2.39. The first-order valence-electron chi connectivity index (χ1n) is 10.8. The van der Waals surface area contributed by atoms with E-state index < -0.39 is 0 Å². The van der Waals surface area contributed by atoms with Gasteiger partial charge in [-0.2, -0.15) is 0 Å². The zero-order valence-corrected chi connectivity index (χ0v) is 17.6. The smallest absolute Gasteiger partial charge is 0.410 e. The van der Waals surface area contributed by atoms with Crippen molar-refractivity contribution in [3.63, 3.8) is 0 Å². The minimum absolute atomic E-state index is 0.0314. The lowest BCUT2D eigenvalue weighted by Crippen LogP contribution is -2.58. The number of carbonyl (C=O) groups is 1. The van der Waals surface area contributed by atoms with E-state index in [4.69, 9.17) is 15.2 Å². The SMILES string of the molecule is C[C@H](N)c1ccc(C2(N3CCN(C(=O)Oc4ccccc4)CC3)CCOCC2)cc1. The van der Waals surface area contributed by atoms with E-state index in [2.05, 4.69) is 29.2 Å². The summed E-state index contributed by atoms with van der Waals surface area (Å²) in [5.41, 5.74) is 8.45. The number of carbonyl (C=O) groups excluding carboxylic acids is 1. The van der Waals surface area contributed by atoms with E-state index in [1.165, 1.54) is 5.56 Å². The van der Waals surface area contributed by atoms with Crippen LogP contribution in [0.1, 0.15) is 36.9 Å². The molecule has 6 heteroatoms. The molecule has 0 radical (unpaired) electrons. The molecule has 0 saturated carbocycles. The summed E-state index contributed by atoms with van der Waals surface area (Å²) in [6.07, 6.45) is 1.64. The van der Waals surface area contributed by atoms with Crippen LogP contribution in [0.5, 0.6) is 5.75 Å². The molecule has 6 nitrogen and oxygen atoms in total. The highest BCUT2D eigenvalue weighted by atomic mass is 16.6. The van der Waals surface area contributed by atoms with Crippen molar-refractivity contribution >= 4 is 6.09 Å². The number of para-hydroxylation sites is 1. The van der Waals surface area contributed by atoms with Crippen LogP contribution in [0.15, 0.2) is 54.6 Å². The molecule has 0 spiro atoms. The first kappa shape index (κ1) is 20.8. The van der Waals surface area contributed by atoms with Gasteiger partial charge < -0.3 is 20.1 Å². The van der Waals surface area contributed by atoms with Gasteiger partial charge in [0.1, 0.15) is 5.75 Å². The Morgan fingerprint density at radius 3 is 2.23 bits per heavy atom. The van der Waals surface area contributed by atoms with Crippen LogP contribution in [-0.2, 0) is 10.3 Å². The molecule has 2 aliphatic rings. The van der Waals surface area contributed by atoms with Crippen molar-refractivity contribution in [2.75, 3.05) is 39.4 Å². The van der Waals surface area contributed by atoms with Crippen molar-refractivity contribution in [1.82, 2.24) is 9.80 Å². The van der Waals surface area contributed by atoms with Crippen molar-refractivity contribution in [2.24, 2.45) is 5.73 Å². The molecular weight excluding hydrogens is 378 g/mol. The molecule has 2 aromatic carbocycles. The van der Waals surface area contributed by atoms with E-state index >= 15 is 0 Å². The van der Waals surface area contributed by atoms with E-state index in [9.17, 15) is 4.79 Å². The fraction of sp³-hybridized carbons (Fsp3) is 0.458.